The van der Waals surface area contributed by atoms with Gasteiger partial charge in [0.2, 0.25) is 0 Å². The first-order valence-corrected chi connectivity index (χ1v) is 6.58. The lowest BCUT2D eigenvalue weighted by molar-refractivity contribution is -0.117. The molecule has 0 aliphatic rings. The number of carboxylic acids is 1. The first kappa shape index (κ1) is 14.8. The first-order chi connectivity index (χ1) is 9.95. The van der Waals surface area contributed by atoms with Crippen molar-refractivity contribution in [2.45, 2.75) is 19.8 Å². The molecule has 2 rings (SSSR count). The average Bonchev–Trinajstić information content (AvgIpc) is 2.43. The predicted octanol–water partition coefficient (Wildman–Crippen LogP) is 2.75. The Labute approximate surface area is 122 Å². The van der Waals surface area contributed by atoms with Crippen molar-refractivity contribution >= 4 is 11.8 Å². The molecule has 0 unspecified atom stereocenters. The summed E-state index contributed by atoms with van der Waals surface area (Å²) in [6.07, 6.45) is 0.376. The summed E-state index contributed by atoms with van der Waals surface area (Å²) < 4.78 is 0. The average molecular weight is 284 g/mol. The maximum Gasteiger partial charge on any atom is 0.335 e. The van der Waals surface area contributed by atoms with Crippen molar-refractivity contribution in [3.63, 3.8) is 0 Å². The quantitative estimate of drug-likeness (QED) is 0.885. The number of ketones is 1. The van der Waals surface area contributed by atoms with Crippen molar-refractivity contribution < 1.29 is 19.8 Å². The van der Waals surface area contributed by atoms with Crippen molar-refractivity contribution in [2.75, 3.05) is 0 Å². The summed E-state index contributed by atoms with van der Waals surface area (Å²) in [5.74, 6) is -0.897. The molecule has 0 aliphatic carbocycles. The third-order valence-corrected chi connectivity index (χ3v) is 3.22. The zero-order chi connectivity index (χ0) is 15.4. The van der Waals surface area contributed by atoms with Crippen LogP contribution in [0.1, 0.15) is 27.0 Å². The minimum atomic E-state index is -0.988. The Kier molecular flexibility index (Phi) is 4.38. The summed E-state index contributed by atoms with van der Waals surface area (Å²) in [7, 11) is 0. The second-order valence-electron chi connectivity index (χ2n) is 5.03. The van der Waals surface area contributed by atoms with Crippen LogP contribution in [0.2, 0.25) is 0 Å². The molecule has 108 valence electrons. The molecular weight excluding hydrogens is 268 g/mol. The lowest BCUT2D eigenvalue weighted by Gasteiger charge is -2.06. The Morgan fingerprint density at radius 3 is 2.29 bits per heavy atom. The van der Waals surface area contributed by atoms with Crippen molar-refractivity contribution in [1.29, 1.82) is 0 Å². The molecule has 0 bridgehead atoms. The number of hydrogen-bond donors (Lipinski definition) is 2. The fourth-order valence-corrected chi connectivity index (χ4v) is 2.12. The van der Waals surface area contributed by atoms with Crippen LogP contribution >= 0.6 is 0 Å². The van der Waals surface area contributed by atoms with Crippen LogP contribution in [0.5, 0.6) is 5.75 Å². The maximum absolute atomic E-state index is 12.0. The Hall–Kier alpha value is -2.62. The van der Waals surface area contributed by atoms with Crippen molar-refractivity contribution in [1.82, 2.24) is 0 Å². The Morgan fingerprint density at radius 2 is 1.67 bits per heavy atom. The van der Waals surface area contributed by atoms with E-state index >= 15 is 0 Å². The van der Waals surface area contributed by atoms with Gasteiger partial charge in [-0.2, -0.15) is 0 Å². The van der Waals surface area contributed by atoms with E-state index in [0.29, 0.717) is 5.56 Å². The van der Waals surface area contributed by atoms with Crippen molar-refractivity contribution in [3.05, 3.63) is 64.7 Å². The van der Waals surface area contributed by atoms with Gasteiger partial charge in [0.15, 0.2) is 0 Å². The normalized spacial score (nSPS) is 10.3. The van der Waals surface area contributed by atoms with Gasteiger partial charge in [0.1, 0.15) is 11.5 Å². The summed E-state index contributed by atoms with van der Waals surface area (Å²) >= 11 is 0. The van der Waals surface area contributed by atoms with Crippen LogP contribution < -0.4 is 0 Å². The molecule has 0 spiro atoms. The summed E-state index contributed by atoms with van der Waals surface area (Å²) in [4.78, 5) is 22.8. The molecule has 0 aliphatic heterocycles. The third-order valence-electron chi connectivity index (χ3n) is 3.22. The Balaban J connectivity index is 2.04. The molecule has 2 aromatic rings. The van der Waals surface area contributed by atoms with E-state index in [-0.39, 0.29) is 29.9 Å². The third kappa shape index (κ3) is 3.92. The van der Waals surface area contributed by atoms with E-state index in [1.54, 1.807) is 30.3 Å². The number of phenolic OH excluding ortho intramolecular Hbond substituents is 1. The standard InChI is InChI=1S/C17H16O4/c1-11-2-7-16(19)14(8-11)10-15(18)9-12-3-5-13(6-4-12)17(20)21/h2-8,19H,9-10H2,1H3,(H,20,21). The summed E-state index contributed by atoms with van der Waals surface area (Å²) in [6.45, 7) is 1.90. The molecule has 21 heavy (non-hydrogen) atoms. The minimum Gasteiger partial charge on any atom is -0.508 e. The lowest BCUT2D eigenvalue weighted by Crippen LogP contribution is -2.07. The molecule has 0 saturated carbocycles. The van der Waals surface area contributed by atoms with Gasteiger partial charge in [0, 0.05) is 18.4 Å². The zero-order valence-corrected chi connectivity index (χ0v) is 11.7. The molecule has 0 aromatic heterocycles. The molecule has 0 atom stereocenters. The van der Waals surface area contributed by atoms with E-state index in [2.05, 4.69) is 0 Å². The van der Waals surface area contributed by atoms with Crippen LogP contribution in [0.4, 0.5) is 0 Å². The molecule has 0 fully saturated rings. The van der Waals surface area contributed by atoms with Crippen LogP contribution in [0.15, 0.2) is 42.5 Å². The van der Waals surface area contributed by atoms with Gasteiger partial charge in [-0.05, 0) is 30.7 Å². The lowest BCUT2D eigenvalue weighted by atomic mass is 10.00. The van der Waals surface area contributed by atoms with Gasteiger partial charge in [0.25, 0.3) is 0 Å². The smallest absolute Gasteiger partial charge is 0.335 e. The van der Waals surface area contributed by atoms with Gasteiger partial charge < -0.3 is 10.2 Å². The highest BCUT2D eigenvalue weighted by molar-refractivity contribution is 5.88. The van der Waals surface area contributed by atoms with Crippen LogP contribution in [-0.2, 0) is 17.6 Å². The van der Waals surface area contributed by atoms with Crippen LogP contribution in [0, 0.1) is 6.92 Å². The van der Waals surface area contributed by atoms with Crippen LogP contribution in [0.25, 0.3) is 0 Å². The van der Waals surface area contributed by atoms with Gasteiger partial charge in [0.05, 0.1) is 5.56 Å². The minimum absolute atomic E-state index is 0.0287. The number of phenols is 1. The fraction of sp³-hybridized carbons (Fsp3) is 0.176. The van der Waals surface area contributed by atoms with Gasteiger partial charge in [-0.15, -0.1) is 0 Å². The van der Waals surface area contributed by atoms with Crippen molar-refractivity contribution in [2.24, 2.45) is 0 Å². The van der Waals surface area contributed by atoms with Gasteiger partial charge in [-0.1, -0.05) is 29.8 Å². The first-order valence-electron chi connectivity index (χ1n) is 6.58. The number of aryl methyl sites for hydroxylation is 1. The highest BCUT2D eigenvalue weighted by atomic mass is 16.4. The molecule has 2 N–H and O–H groups in total. The molecule has 0 amide bonds. The number of carboxylic acid groups (broad SMARTS) is 1. The Morgan fingerprint density at radius 1 is 1.00 bits per heavy atom. The van der Waals surface area contributed by atoms with E-state index in [4.69, 9.17) is 5.11 Å². The summed E-state index contributed by atoms with van der Waals surface area (Å²) in [6, 6.07) is 11.4. The van der Waals surface area contributed by atoms with E-state index in [0.717, 1.165) is 11.1 Å². The van der Waals surface area contributed by atoms with E-state index in [9.17, 15) is 14.7 Å². The molecule has 0 radical (unpaired) electrons. The topological polar surface area (TPSA) is 74.6 Å². The number of aromatic carboxylic acids is 1. The number of benzene rings is 2. The SMILES string of the molecule is Cc1ccc(O)c(CC(=O)Cc2ccc(C(=O)O)cc2)c1. The monoisotopic (exact) mass is 284 g/mol. The largest absolute Gasteiger partial charge is 0.508 e. The molecule has 2 aromatic carbocycles. The number of Topliss-reactive ketones (excluding diaryl/α,β-unsaturated/α-hetero) is 1. The number of rotatable bonds is 5. The van der Waals surface area contributed by atoms with Crippen LogP contribution in [-0.4, -0.2) is 22.0 Å². The zero-order valence-electron chi connectivity index (χ0n) is 11.7. The summed E-state index contributed by atoms with van der Waals surface area (Å²) in [5.41, 5.74) is 2.56. The summed E-state index contributed by atoms with van der Waals surface area (Å²) in [5, 5.41) is 18.5. The second-order valence-corrected chi connectivity index (χ2v) is 5.03. The number of aromatic hydroxyl groups is 1. The Bertz CT molecular complexity index is 672. The highest BCUT2D eigenvalue weighted by Crippen LogP contribution is 2.19. The van der Waals surface area contributed by atoms with Crippen LogP contribution in [0.3, 0.4) is 0 Å². The maximum atomic E-state index is 12.0. The number of hydrogen-bond acceptors (Lipinski definition) is 3. The fourth-order valence-electron chi connectivity index (χ4n) is 2.12. The molecule has 0 saturated heterocycles. The van der Waals surface area contributed by atoms with Crippen molar-refractivity contribution in [3.8, 4) is 5.75 Å². The number of carbonyl (C=O) groups excluding carboxylic acids is 1. The van der Waals surface area contributed by atoms with E-state index in [1.165, 1.54) is 12.1 Å². The molecule has 0 heterocycles. The predicted molar refractivity (Wildman–Crippen MR) is 78.7 cm³/mol. The van der Waals surface area contributed by atoms with Gasteiger partial charge >= 0.3 is 5.97 Å². The molecule has 4 nitrogen and oxygen atoms in total. The van der Waals surface area contributed by atoms with E-state index < -0.39 is 5.97 Å². The molecule has 4 heteroatoms. The number of carbonyl (C=O) groups is 2. The second kappa shape index (κ2) is 6.22. The van der Waals surface area contributed by atoms with E-state index in [1.807, 2.05) is 6.92 Å². The highest BCUT2D eigenvalue weighted by Gasteiger charge is 2.10. The molecular formula is C17H16O4. The van der Waals surface area contributed by atoms with Gasteiger partial charge in [-0.3, -0.25) is 4.79 Å². The van der Waals surface area contributed by atoms with Gasteiger partial charge in [-0.25, -0.2) is 4.79 Å².